The van der Waals surface area contributed by atoms with Crippen molar-refractivity contribution in [1.82, 2.24) is 0 Å². The highest BCUT2D eigenvalue weighted by Crippen LogP contribution is 2.54. The lowest BCUT2D eigenvalue weighted by molar-refractivity contribution is 0.553. The van der Waals surface area contributed by atoms with E-state index < -0.39 is 43.3 Å². The Kier molecular flexibility index (Phi) is 5.08. The molecule has 0 aliphatic carbocycles. The maximum absolute atomic E-state index is 13.6. The second-order valence-electron chi connectivity index (χ2n) is 6.99. The van der Waals surface area contributed by atoms with Crippen molar-refractivity contribution in [2.45, 2.75) is 13.7 Å². The molecule has 6 nitrogen and oxygen atoms in total. The lowest BCUT2D eigenvalue weighted by Gasteiger charge is -2.35. The zero-order chi connectivity index (χ0) is 21.6. The molecule has 0 unspecified atom stereocenters. The second kappa shape index (κ2) is 7.33. The van der Waals surface area contributed by atoms with Gasteiger partial charge >= 0.3 is 0 Å². The molecule has 0 N–H and O–H groups in total. The Hall–Kier alpha value is -2.49. The summed E-state index contributed by atoms with van der Waals surface area (Å²) in [5.41, 5.74) is 0.0674. The highest BCUT2D eigenvalue weighted by molar-refractivity contribution is 8.24. The van der Waals surface area contributed by atoms with Gasteiger partial charge in [-0.15, -0.1) is 0 Å². The third-order valence-electron chi connectivity index (χ3n) is 5.01. The molecule has 0 saturated carbocycles. The Morgan fingerprint density at radius 2 is 0.567 bits per heavy atom. The maximum Gasteiger partial charge on any atom is 0.193 e. The number of hydrogen-bond donors (Lipinski definition) is 0. The molecule has 1 heterocycles. The predicted octanol–water partition coefficient (Wildman–Crippen LogP) is 3.34. The number of hydrogen-bond acceptors (Lipinski definition) is 6. The maximum atomic E-state index is 13.6. The van der Waals surface area contributed by atoms with Gasteiger partial charge in [0.05, 0.1) is 0 Å². The normalized spacial score (nSPS) is 26.6. The summed E-state index contributed by atoms with van der Waals surface area (Å²) in [6, 6.07) is 22.4. The Morgan fingerprint density at radius 3 is 0.767 bits per heavy atom. The van der Waals surface area contributed by atoms with Crippen LogP contribution in [0, 0.1) is 0 Å². The van der Waals surface area contributed by atoms with E-state index in [1.54, 1.807) is 18.2 Å². The third kappa shape index (κ3) is 3.17. The molecule has 1 fully saturated rings. The summed E-state index contributed by atoms with van der Waals surface area (Å²) in [5.74, 6) is 0. The highest BCUT2D eigenvalue weighted by atomic mass is 32.3. The van der Waals surface area contributed by atoms with Crippen LogP contribution in [0.1, 0.15) is 30.4 Å². The molecule has 0 aromatic heterocycles. The standard InChI is InChI=1S/C21H18O6S3/c22-28(23)19(16-10-4-1-5-11-16)29(24,25)21(18-14-8-3-9-15-18)30(26,27)20(28)17-12-6-2-7-13-17/h1-15,19-21H. The molecule has 3 aromatic rings. The van der Waals surface area contributed by atoms with Crippen LogP contribution >= 0.6 is 0 Å². The number of sulfone groups is 3. The molecule has 156 valence electrons. The van der Waals surface area contributed by atoms with Crippen molar-refractivity contribution in [3.63, 3.8) is 0 Å². The number of benzene rings is 3. The van der Waals surface area contributed by atoms with Crippen LogP contribution in [0.4, 0.5) is 0 Å². The lowest BCUT2D eigenvalue weighted by Crippen LogP contribution is -2.43. The van der Waals surface area contributed by atoms with Gasteiger partial charge in [0.25, 0.3) is 0 Å². The predicted molar refractivity (Wildman–Crippen MR) is 114 cm³/mol. The lowest BCUT2D eigenvalue weighted by atomic mass is 10.2. The average Bonchev–Trinajstić information content (AvgIpc) is 2.68. The Morgan fingerprint density at radius 1 is 0.367 bits per heavy atom. The SMILES string of the molecule is O=S1(=O)C(c2ccccc2)S(=O)(=O)C(c2ccccc2)S(=O)(=O)C1c1ccccc1. The van der Waals surface area contributed by atoms with Crippen LogP contribution in [-0.4, -0.2) is 25.3 Å². The van der Waals surface area contributed by atoms with Crippen LogP contribution in [0.15, 0.2) is 91.0 Å². The van der Waals surface area contributed by atoms with E-state index >= 15 is 0 Å². The van der Waals surface area contributed by atoms with E-state index in [-0.39, 0.29) is 16.7 Å². The molecular weight excluding hydrogens is 444 g/mol. The van der Waals surface area contributed by atoms with E-state index in [0.29, 0.717) is 0 Å². The van der Waals surface area contributed by atoms with Crippen molar-refractivity contribution in [2.24, 2.45) is 0 Å². The molecular formula is C21H18O6S3. The van der Waals surface area contributed by atoms with Crippen LogP contribution in [0.2, 0.25) is 0 Å². The van der Waals surface area contributed by atoms with E-state index in [0.717, 1.165) is 0 Å². The fourth-order valence-corrected chi connectivity index (χ4v) is 14.9. The number of rotatable bonds is 3. The van der Waals surface area contributed by atoms with Crippen LogP contribution in [0.3, 0.4) is 0 Å². The molecule has 1 aliphatic rings. The molecule has 0 bridgehead atoms. The van der Waals surface area contributed by atoms with Gasteiger partial charge in [-0.05, 0) is 16.7 Å². The summed E-state index contributed by atoms with van der Waals surface area (Å²) in [5, 5.41) is 0. The van der Waals surface area contributed by atoms with Gasteiger partial charge < -0.3 is 0 Å². The first-order chi connectivity index (χ1) is 14.2. The summed E-state index contributed by atoms with van der Waals surface area (Å²) >= 11 is 0. The third-order valence-corrected chi connectivity index (χ3v) is 15.0. The van der Waals surface area contributed by atoms with E-state index in [4.69, 9.17) is 0 Å². The summed E-state index contributed by atoms with van der Waals surface area (Å²) < 4.78 is 75.4. The van der Waals surface area contributed by atoms with Gasteiger partial charge in [0.15, 0.2) is 43.3 Å². The topological polar surface area (TPSA) is 102 Å². The van der Waals surface area contributed by atoms with Crippen LogP contribution in [0.25, 0.3) is 0 Å². The van der Waals surface area contributed by atoms with E-state index in [1.807, 2.05) is 0 Å². The van der Waals surface area contributed by atoms with Gasteiger partial charge in [0, 0.05) is 0 Å². The minimum Gasteiger partial charge on any atom is -0.225 e. The Balaban J connectivity index is 2.09. The van der Waals surface area contributed by atoms with E-state index in [9.17, 15) is 25.3 Å². The van der Waals surface area contributed by atoms with Gasteiger partial charge in [0.2, 0.25) is 0 Å². The fraction of sp³-hybridized carbons (Fsp3) is 0.143. The first-order valence-electron chi connectivity index (χ1n) is 9.01. The molecule has 0 spiro atoms. The first kappa shape index (κ1) is 20.8. The van der Waals surface area contributed by atoms with Gasteiger partial charge in [-0.2, -0.15) is 0 Å². The zero-order valence-electron chi connectivity index (χ0n) is 15.6. The van der Waals surface area contributed by atoms with Crippen molar-refractivity contribution in [1.29, 1.82) is 0 Å². The largest absolute Gasteiger partial charge is 0.225 e. The van der Waals surface area contributed by atoms with Crippen LogP contribution in [0.5, 0.6) is 0 Å². The molecule has 3 aromatic carbocycles. The molecule has 1 saturated heterocycles. The average molecular weight is 463 g/mol. The summed E-state index contributed by atoms with van der Waals surface area (Å²) in [4.78, 5) is 0. The summed E-state index contributed by atoms with van der Waals surface area (Å²) in [7, 11) is -14.1. The van der Waals surface area contributed by atoms with Crippen molar-refractivity contribution in [3.05, 3.63) is 108 Å². The monoisotopic (exact) mass is 462 g/mol. The molecule has 0 atom stereocenters. The Bertz CT molecular complexity index is 1160. The molecule has 4 rings (SSSR count). The minimum absolute atomic E-state index is 0.0225. The van der Waals surface area contributed by atoms with Crippen molar-refractivity contribution in [2.75, 3.05) is 0 Å². The highest BCUT2D eigenvalue weighted by Gasteiger charge is 2.62. The van der Waals surface area contributed by atoms with E-state index in [1.165, 1.54) is 72.8 Å². The van der Waals surface area contributed by atoms with Crippen molar-refractivity contribution < 1.29 is 25.3 Å². The van der Waals surface area contributed by atoms with Gasteiger partial charge in [-0.1, -0.05) is 91.0 Å². The second-order valence-corrected chi connectivity index (χ2v) is 14.3. The minimum atomic E-state index is -4.70. The molecule has 0 amide bonds. The van der Waals surface area contributed by atoms with Crippen molar-refractivity contribution >= 4 is 29.5 Å². The van der Waals surface area contributed by atoms with Gasteiger partial charge in [-0.25, -0.2) is 25.3 Å². The molecule has 1 aliphatic heterocycles. The Labute approximate surface area is 176 Å². The summed E-state index contributed by atoms with van der Waals surface area (Å²) in [6.07, 6.45) is 0. The molecule has 0 radical (unpaired) electrons. The van der Waals surface area contributed by atoms with Crippen molar-refractivity contribution in [3.8, 4) is 0 Å². The summed E-state index contributed by atoms with van der Waals surface area (Å²) in [6.45, 7) is 0. The fourth-order valence-electron chi connectivity index (χ4n) is 3.87. The molecule has 30 heavy (non-hydrogen) atoms. The van der Waals surface area contributed by atoms with E-state index in [2.05, 4.69) is 0 Å². The quantitative estimate of drug-likeness (QED) is 0.592. The van der Waals surface area contributed by atoms with Gasteiger partial charge in [0.1, 0.15) is 0 Å². The van der Waals surface area contributed by atoms with Crippen LogP contribution in [-0.2, 0) is 29.5 Å². The zero-order valence-corrected chi connectivity index (χ0v) is 18.0. The van der Waals surface area contributed by atoms with Crippen LogP contribution < -0.4 is 0 Å². The smallest absolute Gasteiger partial charge is 0.193 e. The van der Waals surface area contributed by atoms with Gasteiger partial charge in [-0.3, -0.25) is 0 Å². The first-order valence-corrected chi connectivity index (χ1v) is 13.8. The molecule has 9 heteroatoms.